The van der Waals surface area contributed by atoms with E-state index < -0.39 is 16.4 Å². The van der Waals surface area contributed by atoms with Gasteiger partial charge in [-0.05, 0) is 68.4 Å². The second-order valence-electron chi connectivity index (χ2n) is 10.2. The van der Waals surface area contributed by atoms with Gasteiger partial charge in [0.05, 0.1) is 41.2 Å². The number of nitrogens with one attached hydrogen (secondary N) is 1. The summed E-state index contributed by atoms with van der Waals surface area (Å²) in [4.78, 5) is 22.5. The van der Waals surface area contributed by atoms with Crippen LogP contribution >= 0.6 is 0 Å². The van der Waals surface area contributed by atoms with E-state index in [1.165, 1.54) is 18.9 Å². The Morgan fingerprint density at radius 2 is 1.92 bits per heavy atom. The molecule has 2 N–H and O–H groups in total. The number of rotatable bonds is 7. The number of sulfone groups is 1. The predicted molar refractivity (Wildman–Crippen MR) is 139 cm³/mol. The van der Waals surface area contributed by atoms with Gasteiger partial charge in [-0.3, -0.25) is 4.79 Å². The van der Waals surface area contributed by atoms with Crippen molar-refractivity contribution in [2.24, 2.45) is 5.41 Å². The van der Waals surface area contributed by atoms with Gasteiger partial charge in [-0.15, -0.1) is 0 Å². The molecular formula is C26H34N4O5S. The van der Waals surface area contributed by atoms with Gasteiger partial charge >= 0.3 is 0 Å². The first-order valence-corrected chi connectivity index (χ1v) is 14.3. The first-order chi connectivity index (χ1) is 17.3. The highest BCUT2D eigenvalue weighted by atomic mass is 32.2. The van der Waals surface area contributed by atoms with E-state index in [0.717, 1.165) is 44.8 Å². The molecule has 1 aromatic carbocycles. The van der Waals surface area contributed by atoms with Gasteiger partial charge in [-0.1, -0.05) is 6.07 Å². The molecule has 2 saturated heterocycles. The third-order valence-corrected chi connectivity index (χ3v) is 9.29. The largest absolute Gasteiger partial charge is 0.395 e. The first kappa shape index (κ1) is 25.0. The minimum Gasteiger partial charge on any atom is -0.395 e. The van der Waals surface area contributed by atoms with Crippen LogP contribution in [0.5, 0.6) is 0 Å². The van der Waals surface area contributed by atoms with Crippen molar-refractivity contribution < 1.29 is 23.1 Å². The van der Waals surface area contributed by atoms with Gasteiger partial charge < -0.3 is 25.0 Å². The Labute approximate surface area is 212 Å². The highest BCUT2D eigenvalue weighted by Gasteiger charge is 2.44. The summed E-state index contributed by atoms with van der Waals surface area (Å²) in [6.07, 6.45) is 4.71. The summed E-state index contributed by atoms with van der Waals surface area (Å²) in [6, 6.07) is 10.1. The van der Waals surface area contributed by atoms with Crippen molar-refractivity contribution in [1.82, 2.24) is 4.98 Å². The molecule has 1 aromatic heterocycles. The SMILES string of the molecule is C[C@@H]1CN(c2cccc(NC(=O)c3ccc(S(=O)(=O)CCO)cc3N3CCC4(CC3)CC4)n2)CCO1. The van der Waals surface area contributed by atoms with Crippen molar-refractivity contribution in [1.29, 1.82) is 0 Å². The molecule has 10 heteroatoms. The van der Waals surface area contributed by atoms with E-state index >= 15 is 0 Å². The Morgan fingerprint density at radius 3 is 2.61 bits per heavy atom. The van der Waals surface area contributed by atoms with Crippen LogP contribution in [0.25, 0.3) is 0 Å². The van der Waals surface area contributed by atoms with E-state index in [4.69, 9.17) is 4.74 Å². The average molecular weight is 515 g/mol. The van der Waals surface area contributed by atoms with Gasteiger partial charge in [-0.25, -0.2) is 13.4 Å². The smallest absolute Gasteiger partial charge is 0.258 e. The molecule has 194 valence electrons. The monoisotopic (exact) mass is 514 g/mol. The zero-order valence-corrected chi connectivity index (χ0v) is 21.5. The van der Waals surface area contributed by atoms with Crippen LogP contribution in [0.1, 0.15) is 43.0 Å². The average Bonchev–Trinajstić information content (AvgIpc) is 3.63. The summed E-state index contributed by atoms with van der Waals surface area (Å²) >= 11 is 0. The maximum absolute atomic E-state index is 13.4. The predicted octanol–water partition coefficient (Wildman–Crippen LogP) is 2.71. The number of pyridine rings is 1. The van der Waals surface area contributed by atoms with E-state index in [1.807, 2.05) is 19.1 Å². The van der Waals surface area contributed by atoms with Crippen molar-refractivity contribution in [2.45, 2.75) is 43.6 Å². The standard InChI is InChI=1S/C26H34N4O5S/c1-19-18-30(13-15-35-19)24-4-2-3-23(27-24)28-25(32)21-6-5-20(36(33,34)16-14-31)17-22(21)29-11-9-26(7-8-26)10-12-29/h2-6,17,19,31H,7-16,18H2,1H3,(H,27,28,32)/t19-/m1/s1. The number of anilines is 3. The number of amides is 1. The number of aromatic nitrogens is 1. The van der Waals surface area contributed by atoms with Crippen LogP contribution in [0, 0.1) is 5.41 Å². The molecule has 1 saturated carbocycles. The molecule has 0 unspecified atom stereocenters. The molecule has 3 heterocycles. The third-order valence-electron chi connectivity index (χ3n) is 7.60. The Balaban J connectivity index is 1.40. The molecule has 3 aliphatic rings. The molecule has 1 spiro atoms. The van der Waals surface area contributed by atoms with Crippen LogP contribution in [0.4, 0.5) is 17.3 Å². The maximum Gasteiger partial charge on any atom is 0.258 e. The van der Waals surface area contributed by atoms with Crippen LogP contribution in [-0.4, -0.2) is 75.7 Å². The lowest BCUT2D eigenvalue weighted by atomic mass is 9.93. The highest BCUT2D eigenvalue weighted by molar-refractivity contribution is 7.91. The fourth-order valence-electron chi connectivity index (χ4n) is 5.17. The minimum absolute atomic E-state index is 0.112. The van der Waals surface area contributed by atoms with Crippen LogP contribution in [-0.2, 0) is 14.6 Å². The fraction of sp³-hybridized carbons (Fsp3) is 0.538. The number of carbonyl (C=O) groups excluding carboxylic acids is 1. The molecule has 1 amide bonds. The molecule has 2 aliphatic heterocycles. The topological polar surface area (TPSA) is 112 Å². The molecule has 36 heavy (non-hydrogen) atoms. The molecule has 2 aromatic rings. The number of piperidine rings is 1. The van der Waals surface area contributed by atoms with E-state index in [-0.39, 0.29) is 22.7 Å². The number of morpholine rings is 1. The van der Waals surface area contributed by atoms with Gasteiger partial charge in [0.1, 0.15) is 11.6 Å². The number of ether oxygens (including phenoxy) is 1. The number of aliphatic hydroxyl groups excluding tert-OH is 1. The Bertz CT molecular complexity index is 1220. The molecule has 9 nitrogen and oxygen atoms in total. The molecule has 1 atom stereocenters. The van der Waals surface area contributed by atoms with Gasteiger partial charge in [-0.2, -0.15) is 0 Å². The zero-order chi connectivity index (χ0) is 25.3. The van der Waals surface area contributed by atoms with Gasteiger partial charge in [0.2, 0.25) is 0 Å². The normalized spacial score (nSPS) is 21.4. The molecular weight excluding hydrogens is 480 g/mol. The Hall–Kier alpha value is -2.69. The number of carbonyl (C=O) groups is 1. The first-order valence-electron chi connectivity index (χ1n) is 12.7. The van der Waals surface area contributed by atoms with Crippen molar-refractivity contribution in [3.63, 3.8) is 0 Å². The lowest BCUT2D eigenvalue weighted by Crippen LogP contribution is -2.41. The second-order valence-corrected chi connectivity index (χ2v) is 12.3. The van der Waals surface area contributed by atoms with Crippen molar-refractivity contribution >= 4 is 33.1 Å². The van der Waals surface area contributed by atoms with Crippen molar-refractivity contribution in [2.75, 3.05) is 60.3 Å². The van der Waals surface area contributed by atoms with Crippen LogP contribution in [0.2, 0.25) is 0 Å². The van der Waals surface area contributed by atoms with Gasteiger partial charge in [0.25, 0.3) is 5.91 Å². The van der Waals surface area contributed by atoms with E-state index in [1.54, 1.807) is 18.2 Å². The number of benzene rings is 1. The summed E-state index contributed by atoms with van der Waals surface area (Å²) in [5.41, 5.74) is 1.47. The van der Waals surface area contributed by atoms with Crippen LogP contribution in [0.3, 0.4) is 0 Å². The third kappa shape index (κ3) is 5.35. The Kier molecular flexibility index (Phi) is 6.93. The van der Waals surface area contributed by atoms with Gasteiger partial charge in [0.15, 0.2) is 9.84 Å². The van der Waals surface area contributed by atoms with Gasteiger partial charge in [0, 0.05) is 26.2 Å². The van der Waals surface area contributed by atoms with E-state index in [0.29, 0.717) is 29.1 Å². The number of hydrogen-bond donors (Lipinski definition) is 2. The number of aliphatic hydroxyl groups is 1. The molecule has 3 fully saturated rings. The summed E-state index contributed by atoms with van der Waals surface area (Å²) in [6.45, 7) is 5.24. The zero-order valence-electron chi connectivity index (χ0n) is 20.6. The molecule has 5 rings (SSSR count). The minimum atomic E-state index is -3.64. The lowest BCUT2D eigenvalue weighted by Gasteiger charge is -2.35. The summed E-state index contributed by atoms with van der Waals surface area (Å²) in [5, 5.41) is 12.1. The van der Waals surface area contributed by atoms with Crippen LogP contribution in [0.15, 0.2) is 41.3 Å². The summed E-state index contributed by atoms with van der Waals surface area (Å²) in [7, 11) is -3.64. The quantitative estimate of drug-likeness (QED) is 0.580. The number of hydrogen-bond acceptors (Lipinski definition) is 8. The maximum atomic E-state index is 13.4. The van der Waals surface area contributed by atoms with Crippen LogP contribution < -0.4 is 15.1 Å². The second kappa shape index (κ2) is 9.99. The molecule has 1 aliphatic carbocycles. The summed E-state index contributed by atoms with van der Waals surface area (Å²) in [5.74, 6) is 0.537. The molecule has 0 radical (unpaired) electrons. The lowest BCUT2D eigenvalue weighted by molar-refractivity contribution is 0.0529. The van der Waals surface area contributed by atoms with E-state index in [9.17, 15) is 18.3 Å². The summed E-state index contributed by atoms with van der Waals surface area (Å²) < 4.78 is 30.9. The Morgan fingerprint density at radius 1 is 1.14 bits per heavy atom. The highest BCUT2D eigenvalue weighted by Crippen LogP contribution is 2.54. The fourth-order valence-corrected chi connectivity index (χ4v) is 6.22. The van der Waals surface area contributed by atoms with Crippen molar-refractivity contribution in [3.05, 3.63) is 42.0 Å². The van der Waals surface area contributed by atoms with E-state index in [2.05, 4.69) is 20.1 Å². The van der Waals surface area contributed by atoms with Crippen molar-refractivity contribution in [3.8, 4) is 0 Å². The number of nitrogens with zero attached hydrogens (tertiary/aromatic N) is 3. The molecule has 0 bridgehead atoms.